The summed E-state index contributed by atoms with van der Waals surface area (Å²) in [5.74, 6) is -0.932. The predicted molar refractivity (Wildman–Crippen MR) is 98.9 cm³/mol. The maximum Gasteiger partial charge on any atom is 0.337 e. The summed E-state index contributed by atoms with van der Waals surface area (Å²) >= 11 is 0. The van der Waals surface area contributed by atoms with Gasteiger partial charge in [0.2, 0.25) is 5.91 Å². The number of carbonyl (C=O) groups excluding carboxylic acids is 3. The highest BCUT2D eigenvalue weighted by atomic mass is 16.5. The third kappa shape index (κ3) is 5.16. The van der Waals surface area contributed by atoms with Crippen molar-refractivity contribution in [2.45, 2.75) is 13.8 Å². The van der Waals surface area contributed by atoms with Crippen LogP contribution in [-0.4, -0.2) is 67.4 Å². The average molecular weight is 359 g/mol. The van der Waals surface area contributed by atoms with Gasteiger partial charge in [-0.1, -0.05) is 6.92 Å². The molecule has 1 N–H and O–H groups in total. The Hall–Kier alpha value is -2.67. The molecule has 0 atom stereocenters. The van der Waals surface area contributed by atoms with Crippen molar-refractivity contribution >= 4 is 23.5 Å². The van der Waals surface area contributed by atoms with Crippen LogP contribution in [0.25, 0.3) is 0 Å². The number of hydrogen-bond donors (Lipinski definition) is 1. The van der Waals surface area contributed by atoms with Crippen LogP contribution < -0.4 is 5.32 Å². The molecule has 1 aromatic carbocycles. The zero-order valence-corrected chi connectivity index (χ0v) is 15.4. The quantitative estimate of drug-likeness (QED) is 0.637. The molecule has 7 nitrogen and oxygen atoms in total. The average Bonchev–Trinajstić information content (AvgIpc) is 2.67. The molecule has 0 radical (unpaired) electrons. The fourth-order valence-electron chi connectivity index (χ4n) is 2.66. The largest absolute Gasteiger partial charge is 0.465 e. The third-order valence-corrected chi connectivity index (χ3v) is 4.39. The van der Waals surface area contributed by atoms with Crippen LogP contribution in [0, 0.1) is 0 Å². The molecule has 1 aliphatic rings. The van der Waals surface area contributed by atoms with Crippen LogP contribution in [0.5, 0.6) is 0 Å². The lowest BCUT2D eigenvalue weighted by Gasteiger charge is -2.33. The van der Waals surface area contributed by atoms with Gasteiger partial charge in [0.25, 0.3) is 5.91 Å². The van der Waals surface area contributed by atoms with E-state index in [-0.39, 0.29) is 11.8 Å². The molecule has 1 fully saturated rings. The van der Waals surface area contributed by atoms with E-state index in [4.69, 9.17) is 0 Å². The SMILES string of the molecule is CCN1CCN(C(=O)/C=C(\C)C(=O)Nc2ccc(C(=O)OC)cc2)CC1. The van der Waals surface area contributed by atoms with Crippen molar-refractivity contribution in [2.24, 2.45) is 0 Å². The highest BCUT2D eigenvalue weighted by Gasteiger charge is 2.19. The van der Waals surface area contributed by atoms with Gasteiger partial charge in [-0.2, -0.15) is 0 Å². The van der Waals surface area contributed by atoms with E-state index in [0.29, 0.717) is 29.9 Å². The molecule has 1 saturated heterocycles. The molecule has 0 bridgehead atoms. The molecule has 1 aromatic rings. The number of benzene rings is 1. The zero-order valence-electron chi connectivity index (χ0n) is 15.4. The number of nitrogens with zero attached hydrogens (tertiary/aromatic N) is 2. The van der Waals surface area contributed by atoms with E-state index in [0.717, 1.165) is 19.6 Å². The number of carbonyl (C=O) groups is 3. The minimum absolute atomic E-state index is 0.144. The van der Waals surface area contributed by atoms with E-state index in [1.807, 2.05) is 0 Å². The van der Waals surface area contributed by atoms with Gasteiger partial charge in [0.05, 0.1) is 12.7 Å². The van der Waals surface area contributed by atoms with Crippen LogP contribution >= 0.6 is 0 Å². The van der Waals surface area contributed by atoms with E-state index < -0.39 is 5.97 Å². The lowest BCUT2D eigenvalue weighted by molar-refractivity contribution is -0.128. The molecule has 26 heavy (non-hydrogen) atoms. The lowest BCUT2D eigenvalue weighted by atomic mass is 10.2. The van der Waals surface area contributed by atoms with Crippen molar-refractivity contribution in [2.75, 3.05) is 45.2 Å². The van der Waals surface area contributed by atoms with Gasteiger partial charge in [-0.05, 0) is 37.7 Å². The van der Waals surface area contributed by atoms with E-state index in [1.165, 1.54) is 13.2 Å². The fraction of sp³-hybridized carbons (Fsp3) is 0.421. The molecule has 1 heterocycles. The lowest BCUT2D eigenvalue weighted by Crippen LogP contribution is -2.48. The number of ether oxygens (including phenoxy) is 1. The number of hydrogen-bond acceptors (Lipinski definition) is 5. The van der Waals surface area contributed by atoms with Crippen molar-refractivity contribution in [1.29, 1.82) is 0 Å². The Morgan fingerprint density at radius 1 is 1.12 bits per heavy atom. The Bertz CT molecular complexity index is 689. The molecule has 0 aliphatic carbocycles. The molecular weight excluding hydrogens is 334 g/mol. The van der Waals surface area contributed by atoms with Crippen LogP contribution in [0.1, 0.15) is 24.2 Å². The fourth-order valence-corrected chi connectivity index (χ4v) is 2.66. The Balaban J connectivity index is 1.93. The molecule has 1 aliphatic heterocycles. The number of methoxy groups -OCH3 is 1. The first-order chi connectivity index (χ1) is 12.4. The summed E-state index contributed by atoms with van der Waals surface area (Å²) in [6, 6.07) is 6.37. The van der Waals surface area contributed by atoms with Crippen LogP contribution in [0.15, 0.2) is 35.9 Å². The van der Waals surface area contributed by atoms with Gasteiger partial charge in [-0.3, -0.25) is 9.59 Å². The van der Waals surface area contributed by atoms with Gasteiger partial charge >= 0.3 is 5.97 Å². The smallest absolute Gasteiger partial charge is 0.337 e. The van der Waals surface area contributed by atoms with Gasteiger partial charge in [-0.15, -0.1) is 0 Å². The van der Waals surface area contributed by atoms with E-state index in [9.17, 15) is 14.4 Å². The van der Waals surface area contributed by atoms with Gasteiger partial charge in [0, 0.05) is 43.5 Å². The van der Waals surface area contributed by atoms with Crippen molar-refractivity contribution in [3.8, 4) is 0 Å². The summed E-state index contributed by atoms with van der Waals surface area (Å²) in [6.45, 7) is 7.75. The summed E-state index contributed by atoms with van der Waals surface area (Å²) in [5.41, 5.74) is 1.28. The van der Waals surface area contributed by atoms with E-state index >= 15 is 0 Å². The Morgan fingerprint density at radius 2 is 1.73 bits per heavy atom. The van der Waals surface area contributed by atoms with E-state index in [2.05, 4.69) is 21.9 Å². The number of amides is 2. The molecule has 140 valence electrons. The van der Waals surface area contributed by atoms with Crippen molar-refractivity contribution in [1.82, 2.24) is 9.80 Å². The van der Waals surface area contributed by atoms with Crippen LogP contribution in [0.4, 0.5) is 5.69 Å². The van der Waals surface area contributed by atoms with Gasteiger partial charge < -0.3 is 19.9 Å². The summed E-state index contributed by atoms with van der Waals surface area (Å²) in [6.07, 6.45) is 1.37. The summed E-state index contributed by atoms with van der Waals surface area (Å²) in [4.78, 5) is 40.0. The van der Waals surface area contributed by atoms with Gasteiger partial charge in [0.1, 0.15) is 0 Å². The first-order valence-electron chi connectivity index (χ1n) is 8.64. The second-order valence-electron chi connectivity index (χ2n) is 6.11. The number of esters is 1. The molecule has 0 unspecified atom stereocenters. The highest BCUT2D eigenvalue weighted by Crippen LogP contribution is 2.12. The summed E-state index contributed by atoms with van der Waals surface area (Å²) in [5, 5.41) is 2.71. The van der Waals surface area contributed by atoms with Crippen molar-refractivity contribution < 1.29 is 19.1 Å². The number of likely N-dealkylation sites (N-methyl/N-ethyl adjacent to an activating group) is 1. The topological polar surface area (TPSA) is 79.0 Å². The van der Waals surface area contributed by atoms with E-state index in [1.54, 1.807) is 36.1 Å². The molecule has 2 amide bonds. The Kier molecular flexibility index (Phi) is 6.91. The zero-order chi connectivity index (χ0) is 19.1. The first kappa shape index (κ1) is 19.7. The molecule has 2 rings (SSSR count). The molecular formula is C19H25N3O4. The summed E-state index contributed by atoms with van der Waals surface area (Å²) in [7, 11) is 1.31. The minimum Gasteiger partial charge on any atom is -0.465 e. The molecule has 0 aromatic heterocycles. The number of nitrogens with one attached hydrogen (secondary N) is 1. The van der Waals surface area contributed by atoms with Crippen LogP contribution in [-0.2, 0) is 14.3 Å². The number of rotatable bonds is 5. The first-order valence-corrected chi connectivity index (χ1v) is 8.64. The maximum atomic E-state index is 12.3. The van der Waals surface area contributed by atoms with Crippen LogP contribution in [0.2, 0.25) is 0 Å². The highest BCUT2D eigenvalue weighted by molar-refractivity contribution is 6.07. The molecule has 0 spiro atoms. The minimum atomic E-state index is -0.437. The second kappa shape index (κ2) is 9.15. The standard InChI is InChI=1S/C19H25N3O4/c1-4-21-9-11-22(12-10-21)17(23)13-14(2)18(24)20-16-7-5-15(6-8-16)19(25)26-3/h5-8,13H,4,9-12H2,1-3H3,(H,20,24)/b14-13+. The number of anilines is 1. The van der Waals surface area contributed by atoms with Gasteiger partial charge in [-0.25, -0.2) is 4.79 Å². The molecule has 0 saturated carbocycles. The second-order valence-corrected chi connectivity index (χ2v) is 6.11. The summed E-state index contributed by atoms with van der Waals surface area (Å²) < 4.78 is 4.63. The normalized spacial score (nSPS) is 15.5. The molecule has 7 heteroatoms. The van der Waals surface area contributed by atoms with Gasteiger partial charge in [0.15, 0.2) is 0 Å². The van der Waals surface area contributed by atoms with Crippen molar-refractivity contribution in [3.05, 3.63) is 41.5 Å². The Labute approximate surface area is 153 Å². The third-order valence-electron chi connectivity index (χ3n) is 4.39. The Morgan fingerprint density at radius 3 is 2.27 bits per heavy atom. The monoisotopic (exact) mass is 359 g/mol. The van der Waals surface area contributed by atoms with Crippen molar-refractivity contribution in [3.63, 3.8) is 0 Å². The van der Waals surface area contributed by atoms with Crippen LogP contribution in [0.3, 0.4) is 0 Å². The number of piperazine rings is 1. The predicted octanol–water partition coefficient (Wildman–Crippen LogP) is 1.52. The maximum absolute atomic E-state index is 12.3.